The molecular weight excluding hydrogens is 280 g/mol. The van der Waals surface area contributed by atoms with E-state index in [0.29, 0.717) is 11.4 Å². The number of benzene rings is 2. The molecule has 2 N–H and O–H groups in total. The molecule has 5 nitrogen and oxygen atoms in total. The van der Waals surface area contributed by atoms with Gasteiger partial charge in [-0.15, -0.1) is 0 Å². The summed E-state index contributed by atoms with van der Waals surface area (Å²) in [6.07, 6.45) is 1.67. The highest BCUT2D eigenvalue weighted by Gasteiger charge is 2.16. The maximum absolute atomic E-state index is 12.1. The molecule has 0 aliphatic rings. The van der Waals surface area contributed by atoms with Crippen LogP contribution in [0.15, 0.2) is 48.5 Å². The van der Waals surface area contributed by atoms with E-state index in [0.717, 1.165) is 16.6 Å². The van der Waals surface area contributed by atoms with E-state index in [4.69, 9.17) is 4.74 Å². The number of hydrogen-bond acceptors (Lipinski definition) is 4. The summed E-state index contributed by atoms with van der Waals surface area (Å²) in [5.74, 6) is 0.133. The molecule has 1 aromatic heterocycles. The maximum Gasteiger partial charge on any atom is 0.341 e. The minimum Gasteiger partial charge on any atom is -0.508 e. The molecule has 110 valence electrons. The number of nitrogens with zero attached hydrogens (tertiary/aromatic N) is 1. The van der Waals surface area contributed by atoms with E-state index < -0.39 is 5.97 Å². The number of phenols is 1. The molecular formula is C17H14N2O3. The summed E-state index contributed by atoms with van der Waals surface area (Å²) in [7, 11) is 1.33. The molecule has 0 atom stereocenters. The van der Waals surface area contributed by atoms with Crippen molar-refractivity contribution < 1.29 is 14.6 Å². The number of carbonyl (C=O) groups is 1. The molecule has 0 amide bonds. The highest BCUT2D eigenvalue weighted by Crippen LogP contribution is 2.21. The van der Waals surface area contributed by atoms with Gasteiger partial charge in [0.25, 0.3) is 0 Å². The topological polar surface area (TPSA) is 75.2 Å². The third kappa shape index (κ3) is 2.69. The first kappa shape index (κ1) is 13.9. The van der Waals surface area contributed by atoms with E-state index >= 15 is 0 Å². The first-order chi connectivity index (χ1) is 10.7. The highest BCUT2D eigenvalue weighted by molar-refractivity contribution is 6.20. The zero-order valence-corrected chi connectivity index (χ0v) is 11.9. The number of H-pyrrole nitrogens is 1. The summed E-state index contributed by atoms with van der Waals surface area (Å²) in [6, 6.07) is 14.1. The number of para-hydroxylation sites is 2. The Morgan fingerprint density at radius 2 is 1.91 bits per heavy atom. The molecule has 0 radical (unpaired) electrons. The molecule has 0 fully saturated rings. The molecule has 0 saturated heterocycles. The van der Waals surface area contributed by atoms with Crippen LogP contribution in [0.4, 0.5) is 0 Å². The first-order valence-corrected chi connectivity index (χ1v) is 6.71. The van der Waals surface area contributed by atoms with Gasteiger partial charge in [-0.05, 0) is 35.9 Å². The summed E-state index contributed by atoms with van der Waals surface area (Å²) in [5, 5.41) is 9.33. The lowest BCUT2D eigenvalue weighted by atomic mass is 10.1. The Bertz CT molecular complexity index is 815. The second-order valence-corrected chi connectivity index (χ2v) is 4.74. The number of hydrogen-bond donors (Lipinski definition) is 2. The zero-order chi connectivity index (χ0) is 15.5. The van der Waals surface area contributed by atoms with Crippen molar-refractivity contribution in [1.29, 1.82) is 0 Å². The molecule has 0 unspecified atom stereocenters. The third-order valence-corrected chi connectivity index (χ3v) is 3.25. The summed E-state index contributed by atoms with van der Waals surface area (Å²) in [4.78, 5) is 19.6. The number of aromatic hydroxyl groups is 1. The number of phenolic OH excluding ortho intramolecular Hbond substituents is 1. The predicted octanol–water partition coefficient (Wildman–Crippen LogP) is 2.98. The molecule has 0 aliphatic heterocycles. The van der Waals surface area contributed by atoms with Gasteiger partial charge in [0, 0.05) is 0 Å². The fourth-order valence-corrected chi connectivity index (χ4v) is 2.15. The Hall–Kier alpha value is -3.08. The molecule has 22 heavy (non-hydrogen) atoms. The second kappa shape index (κ2) is 5.73. The Balaban J connectivity index is 2.09. The number of aromatic amines is 1. The Morgan fingerprint density at radius 1 is 1.18 bits per heavy atom. The van der Waals surface area contributed by atoms with Gasteiger partial charge in [0.15, 0.2) is 0 Å². The predicted molar refractivity (Wildman–Crippen MR) is 84.1 cm³/mol. The van der Waals surface area contributed by atoms with Gasteiger partial charge in [-0.25, -0.2) is 9.78 Å². The smallest absolute Gasteiger partial charge is 0.341 e. The standard InChI is InChI=1S/C17H14N2O3/c1-22-17(21)13(10-11-6-8-12(20)9-7-11)16-18-14-4-2-3-5-15(14)19-16/h2-10,20H,1H3,(H,18,19)/b13-10+. The number of fused-ring (bicyclic) bond motifs is 1. The number of nitrogens with one attached hydrogen (secondary N) is 1. The lowest BCUT2D eigenvalue weighted by Gasteiger charge is -2.03. The van der Waals surface area contributed by atoms with E-state index in [2.05, 4.69) is 9.97 Å². The van der Waals surface area contributed by atoms with Crippen LogP contribution in [-0.2, 0) is 9.53 Å². The second-order valence-electron chi connectivity index (χ2n) is 4.74. The van der Waals surface area contributed by atoms with Crippen LogP contribution in [0.2, 0.25) is 0 Å². The van der Waals surface area contributed by atoms with E-state index in [1.807, 2.05) is 24.3 Å². The highest BCUT2D eigenvalue weighted by atomic mass is 16.5. The number of aromatic nitrogens is 2. The van der Waals surface area contributed by atoms with E-state index in [-0.39, 0.29) is 5.75 Å². The van der Waals surface area contributed by atoms with E-state index in [1.165, 1.54) is 7.11 Å². The number of rotatable bonds is 3. The number of ether oxygens (including phenoxy) is 1. The van der Waals surface area contributed by atoms with Crippen molar-refractivity contribution in [3.63, 3.8) is 0 Å². The fourth-order valence-electron chi connectivity index (χ4n) is 2.15. The normalized spacial score (nSPS) is 11.6. The first-order valence-electron chi connectivity index (χ1n) is 6.71. The van der Waals surface area contributed by atoms with Crippen LogP contribution in [0, 0.1) is 0 Å². The van der Waals surface area contributed by atoms with Crippen LogP contribution in [0.25, 0.3) is 22.7 Å². The number of carbonyl (C=O) groups excluding carboxylic acids is 1. The number of esters is 1. The Morgan fingerprint density at radius 3 is 2.59 bits per heavy atom. The average molecular weight is 294 g/mol. The van der Waals surface area contributed by atoms with Gasteiger partial charge in [0.1, 0.15) is 17.1 Å². The van der Waals surface area contributed by atoms with Crippen molar-refractivity contribution in [2.24, 2.45) is 0 Å². The monoisotopic (exact) mass is 294 g/mol. The van der Waals surface area contributed by atoms with Crippen molar-refractivity contribution in [3.05, 3.63) is 59.9 Å². The minimum absolute atomic E-state index is 0.167. The number of imidazole rings is 1. The van der Waals surface area contributed by atoms with Crippen molar-refractivity contribution >= 4 is 28.7 Å². The van der Waals surface area contributed by atoms with Gasteiger partial charge in [-0.3, -0.25) is 0 Å². The van der Waals surface area contributed by atoms with Crippen LogP contribution in [-0.4, -0.2) is 28.2 Å². The van der Waals surface area contributed by atoms with Crippen molar-refractivity contribution in [2.45, 2.75) is 0 Å². The fraction of sp³-hybridized carbons (Fsp3) is 0.0588. The molecule has 0 aliphatic carbocycles. The number of methoxy groups -OCH3 is 1. The lowest BCUT2D eigenvalue weighted by Crippen LogP contribution is -2.05. The van der Waals surface area contributed by atoms with Crippen LogP contribution in [0.3, 0.4) is 0 Å². The molecule has 0 saturated carbocycles. The molecule has 0 bridgehead atoms. The SMILES string of the molecule is COC(=O)/C(=C/c1ccc(O)cc1)c1nc2ccccc2[nH]1. The quantitative estimate of drug-likeness (QED) is 0.575. The van der Waals surface area contributed by atoms with Gasteiger partial charge in [0.05, 0.1) is 18.1 Å². The van der Waals surface area contributed by atoms with Crippen LogP contribution in [0.5, 0.6) is 5.75 Å². The van der Waals surface area contributed by atoms with E-state index in [9.17, 15) is 9.90 Å². The zero-order valence-electron chi connectivity index (χ0n) is 11.9. The van der Waals surface area contributed by atoms with Crippen molar-refractivity contribution in [2.75, 3.05) is 7.11 Å². The van der Waals surface area contributed by atoms with Crippen LogP contribution < -0.4 is 0 Å². The molecule has 0 spiro atoms. The van der Waals surface area contributed by atoms with Gasteiger partial charge in [-0.1, -0.05) is 24.3 Å². The van der Waals surface area contributed by atoms with Gasteiger partial charge in [-0.2, -0.15) is 0 Å². The molecule has 5 heteroatoms. The minimum atomic E-state index is -0.480. The molecule has 3 rings (SSSR count). The lowest BCUT2D eigenvalue weighted by molar-refractivity contribution is -0.133. The van der Waals surface area contributed by atoms with Crippen LogP contribution >= 0.6 is 0 Å². The van der Waals surface area contributed by atoms with Gasteiger partial charge >= 0.3 is 5.97 Å². The van der Waals surface area contributed by atoms with Crippen LogP contribution in [0.1, 0.15) is 11.4 Å². The van der Waals surface area contributed by atoms with Crippen molar-refractivity contribution in [3.8, 4) is 5.75 Å². The summed E-state index contributed by atoms with van der Waals surface area (Å²) < 4.78 is 4.84. The summed E-state index contributed by atoms with van der Waals surface area (Å²) >= 11 is 0. The molecule has 2 aromatic carbocycles. The Kier molecular flexibility index (Phi) is 3.62. The third-order valence-electron chi connectivity index (χ3n) is 3.25. The van der Waals surface area contributed by atoms with Gasteiger partial charge < -0.3 is 14.8 Å². The maximum atomic E-state index is 12.1. The largest absolute Gasteiger partial charge is 0.508 e. The van der Waals surface area contributed by atoms with Crippen molar-refractivity contribution in [1.82, 2.24) is 9.97 Å². The Labute approximate surface area is 126 Å². The summed E-state index contributed by atoms with van der Waals surface area (Å²) in [6.45, 7) is 0. The van der Waals surface area contributed by atoms with Gasteiger partial charge in [0.2, 0.25) is 0 Å². The average Bonchev–Trinajstić information content (AvgIpc) is 2.97. The van der Waals surface area contributed by atoms with E-state index in [1.54, 1.807) is 30.3 Å². The summed E-state index contributed by atoms with van der Waals surface area (Å²) in [5.41, 5.74) is 2.71. The molecule has 1 heterocycles. The molecule has 3 aromatic rings.